The fourth-order valence-corrected chi connectivity index (χ4v) is 3.34. The lowest BCUT2D eigenvalue weighted by Crippen LogP contribution is -2.70. The van der Waals surface area contributed by atoms with Gasteiger partial charge in [-0.2, -0.15) is 13.2 Å². The predicted molar refractivity (Wildman–Crippen MR) is 70.4 cm³/mol. The van der Waals surface area contributed by atoms with Crippen molar-refractivity contribution in [3.8, 4) is 0 Å². The van der Waals surface area contributed by atoms with E-state index in [1.807, 2.05) is 0 Å². The number of alkyl halides is 3. The molecule has 1 saturated carbocycles. The highest BCUT2D eigenvalue weighted by molar-refractivity contribution is 5.99. The second-order valence-electron chi connectivity index (χ2n) is 6.51. The number of halogens is 3. The van der Waals surface area contributed by atoms with Crippen molar-refractivity contribution in [1.29, 1.82) is 0 Å². The van der Waals surface area contributed by atoms with Crippen molar-refractivity contribution < 1.29 is 22.8 Å². The summed E-state index contributed by atoms with van der Waals surface area (Å²) in [7, 11) is 0. The van der Waals surface area contributed by atoms with Crippen molar-refractivity contribution >= 4 is 11.8 Å². The molecule has 1 unspecified atom stereocenters. The lowest BCUT2D eigenvalue weighted by Gasteiger charge is -2.46. The van der Waals surface area contributed by atoms with E-state index in [0.717, 1.165) is 24.2 Å². The largest absolute Gasteiger partial charge is 0.406 e. The lowest BCUT2D eigenvalue weighted by atomic mass is 9.80. The van der Waals surface area contributed by atoms with Crippen LogP contribution in [0.15, 0.2) is 0 Å². The Hall–Kier alpha value is -1.27. The normalized spacial score (nSPS) is 27.7. The maximum atomic E-state index is 12.8. The van der Waals surface area contributed by atoms with E-state index in [0.29, 0.717) is 12.8 Å². The highest BCUT2D eigenvalue weighted by atomic mass is 19.4. The SMILES string of the molecule is CC1(C)NC(=O)C(C2CCCCC2)N(CC(F)(F)F)C1=O. The van der Waals surface area contributed by atoms with Crippen molar-refractivity contribution in [3.05, 3.63) is 0 Å². The zero-order valence-corrected chi connectivity index (χ0v) is 12.3. The van der Waals surface area contributed by atoms with Crippen LogP contribution in [0, 0.1) is 5.92 Å². The number of hydrogen-bond donors (Lipinski definition) is 1. The fourth-order valence-electron chi connectivity index (χ4n) is 3.34. The van der Waals surface area contributed by atoms with Gasteiger partial charge in [0.2, 0.25) is 11.8 Å². The van der Waals surface area contributed by atoms with E-state index in [1.54, 1.807) is 0 Å². The summed E-state index contributed by atoms with van der Waals surface area (Å²) in [5.41, 5.74) is -1.28. The number of amides is 2. The summed E-state index contributed by atoms with van der Waals surface area (Å²) in [6.07, 6.45) is -0.294. The topological polar surface area (TPSA) is 49.4 Å². The molecule has 1 atom stereocenters. The predicted octanol–water partition coefficient (Wildman–Crippen LogP) is 2.23. The number of carbonyl (C=O) groups excluding carboxylic acids is 2. The van der Waals surface area contributed by atoms with Crippen LogP contribution < -0.4 is 5.32 Å². The maximum Gasteiger partial charge on any atom is 0.406 e. The number of hydrogen-bond acceptors (Lipinski definition) is 2. The number of carbonyl (C=O) groups is 2. The Morgan fingerprint density at radius 1 is 1.19 bits per heavy atom. The Balaban J connectivity index is 2.29. The first kappa shape index (κ1) is 16.1. The number of nitrogens with zero attached hydrogens (tertiary/aromatic N) is 1. The minimum Gasteiger partial charge on any atom is -0.340 e. The standard InChI is InChI=1S/C14H21F3N2O2/c1-13(2)12(21)19(8-14(15,16)17)10(11(20)18-13)9-6-4-3-5-7-9/h9-10H,3-8H2,1-2H3,(H,18,20). The van der Waals surface area contributed by atoms with E-state index in [9.17, 15) is 22.8 Å². The summed E-state index contributed by atoms with van der Waals surface area (Å²) in [6, 6.07) is -0.993. The first-order chi connectivity index (χ1) is 9.62. The van der Waals surface area contributed by atoms with E-state index in [4.69, 9.17) is 0 Å². The molecule has 1 aliphatic carbocycles. The van der Waals surface area contributed by atoms with E-state index in [-0.39, 0.29) is 5.92 Å². The van der Waals surface area contributed by atoms with Crippen LogP contribution >= 0.6 is 0 Å². The quantitative estimate of drug-likeness (QED) is 0.850. The zero-order valence-electron chi connectivity index (χ0n) is 12.3. The van der Waals surface area contributed by atoms with Gasteiger partial charge in [0.1, 0.15) is 18.1 Å². The van der Waals surface area contributed by atoms with Crippen LogP contribution in [0.25, 0.3) is 0 Å². The van der Waals surface area contributed by atoms with E-state index >= 15 is 0 Å². The van der Waals surface area contributed by atoms with Crippen molar-refractivity contribution in [3.63, 3.8) is 0 Å². The van der Waals surface area contributed by atoms with Gasteiger partial charge in [-0.1, -0.05) is 19.3 Å². The molecule has 0 spiro atoms. The van der Waals surface area contributed by atoms with Gasteiger partial charge in [-0.3, -0.25) is 9.59 Å². The molecule has 7 heteroatoms. The summed E-state index contributed by atoms with van der Waals surface area (Å²) in [4.78, 5) is 25.4. The number of piperazine rings is 1. The molecule has 1 heterocycles. The van der Waals surface area contributed by atoms with Crippen molar-refractivity contribution in [2.45, 2.75) is 63.7 Å². The molecule has 2 amide bonds. The third-order valence-corrected chi connectivity index (χ3v) is 4.28. The second-order valence-corrected chi connectivity index (χ2v) is 6.51. The van der Waals surface area contributed by atoms with Gasteiger partial charge in [0.05, 0.1) is 0 Å². The van der Waals surface area contributed by atoms with Gasteiger partial charge in [-0.05, 0) is 32.6 Å². The van der Waals surface area contributed by atoms with Crippen molar-refractivity contribution in [2.24, 2.45) is 5.92 Å². The maximum absolute atomic E-state index is 12.8. The molecule has 2 aliphatic rings. The average molecular weight is 306 g/mol. The van der Waals surface area contributed by atoms with Gasteiger partial charge >= 0.3 is 6.18 Å². The van der Waals surface area contributed by atoms with Gasteiger partial charge in [0, 0.05) is 0 Å². The van der Waals surface area contributed by atoms with Gasteiger partial charge in [-0.25, -0.2) is 0 Å². The van der Waals surface area contributed by atoms with Gasteiger partial charge in [-0.15, -0.1) is 0 Å². The summed E-state index contributed by atoms with van der Waals surface area (Å²) >= 11 is 0. The molecule has 0 aromatic carbocycles. The summed E-state index contributed by atoms with van der Waals surface area (Å²) in [5, 5.41) is 2.57. The Labute approximate surface area is 122 Å². The third kappa shape index (κ3) is 3.49. The van der Waals surface area contributed by atoms with E-state index in [1.165, 1.54) is 13.8 Å². The highest BCUT2D eigenvalue weighted by Gasteiger charge is 2.51. The van der Waals surface area contributed by atoms with Gasteiger partial charge in [0.15, 0.2) is 0 Å². The Morgan fingerprint density at radius 2 is 1.76 bits per heavy atom. The molecule has 2 fully saturated rings. The van der Waals surface area contributed by atoms with Crippen LogP contribution in [0.3, 0.4) is 0 Å². The minimum atomic E-state index is -4.50. The summed E-state index contributed by atoms with van der Waals surface area (Å²) < 4.78 is 38.4. The highest BCUT2D eigenvalue weighted by Crippen LogP contribution is 2.34. The Kier molecular flexibility index (Phi) is 4.22. The Bertz CT molecular complexity index is 428. The molecular weight excluding hydrogens is 285 g/mol. The van der Waals surface area contributed by atoms with Crippen LogP contribution in [0.2, 0.25) is 0 Å². The van der Waals surface area contributed by atoms with Gasteiger partial charge < -0.3 is 10.2 Å². The lowest BCUT2D eigenvalue weighted by molar-refractivity contribution is -0.180. The Morgan fingerprint density at radius 3 is 2.29 bits per heavy atom. The third-order valence-electron chi connectivity index (χ3n) is 4.28. The molecule has 1 N–H and O–H groups in total. The molecule has 2 rings (SSSR count). The molecule has 0 aromatic heterocycles. The van der Waals surface area contributed by atoms with Crippen LogP contribution in [-0.2, 0) is 9.59 Å². The minimum absolute atomic E-state index is 0.179. The molecule has 4 nitrogen and oxygen atoms in total. The smallest absolute Gasteiger partial charge is 0.340 e. The molecule has 0 bridgehead atoms. The van der Waals surface area contributed by atoms with Crippen LogP contribution in [0.5, 0.6) is 0 Å². The second kappa shape index (κ2) is 5.50. The molecule has 120 valence electrons. The summed E-state index contributed by atoms with van der Waals surface area (Å²) in [5.74, 6) is -1.30. The van der Waals surface area contributed by atoms with Gasteiger partial charge in [0.25, 0.3) is 0 Å². The van der Waals surface area contributed by atoms with Crippen LogP contribution in [0.1, 0.15) is 46.0 Å². The number of rotatable bonds is 2. The average Bonchev–Trinajstić information content (AvgIpc) is 2.35. The first-order valence-corrected chi connectivity index (χ1v) is 7.32. The van der Waals surface area contributed by atoms with Crippen molar-refractivity contribution in [1.82, 2.24) is 10.2 Å². The molecule has 0 aromatic rings. The van der Waals surface area contributed by atoms with E-state index < -0.39 is 36.1 Å². The first-order valence-electron chi connectivity index (χ1n) is 7.32. The molecule has 0 radical (unpaired) electrons. The van der Waals surface area contributed by atoms with Crippen molar-refractivity contribution in [2.75, 3.05) is 6.54 Å². The molecular formula is C14H21F3N2O2. The van der Waals surface area contributed by atoms with Crippen LogP contribution in [0.4, 0.5) is 13.2 Å². The van der Waals surface area contributed by atoms with E-state index in [2.05, 4.69) is 5.32 Å². The number of nitrogens with one attached hydrogen (secondary N) is 1. The molecule has 1 saturated heterocycles. The molecule has 21 heavy (non-hydrogen) atoms. The summed E-state index contributed by atoms with van der Waals surface area (Å²) in [6.45, 7) is 1.52. The molecule has 1 aliphatic heterocycles. The zero-order chi connectivity index (χ0) is 15.8. The fraction of sp³-hybridized carbons (Fsp3) is 0.857. The van der Waals surface area contributed by atoms with Crippen LogP contribution in [-0.4, -0.2) is 41.0 Å². The monoisotopic (exact) mass is 306 g/mol.